The first kappa shape index (κ1) is 12.5. The fourth-order valence-electron chi connectivity index (χ4n) is 1.64. The largest absolute Gasteiger partial charge is 0.310 e. The fraction of sp³-hybridized carbons (Fsp3) is 0.308. The van der Waals surface area contributed by atoms with Crippen LogP contribution in [0.4, 0.5) is 0 Å². The summed E-state index contributed by atoms with van der Waals surface area (Å²) in [6.45, 7) is 0.909. The summed E-state index contributed by atoms with van der Waals surface area (Å²) in [7, 11) is 0. The lowest BCUT2D eigenvalue weighted by atomic mass is 10.2. The SMILES string of the molecule is Clc1cc(CNC2CC2)ccc1Sc1nccs1. The second kappa shape index (κ2) is 5.61. The lowest BCUT2D eigenvalue weighted by Crippen LogP contribution is -2.15. The highest BCUT2D eigenvalue weighted by atomic mass is 35.5. The number of halogens is 1. The van der Waals surface area contributed by atoms with Gasteiger partial charge in [-0.2, -0.15) is 0 Å². The van der Waals surface area contributed by atoms with Crippen LogP contribution < -0.4 is 5.32 Å². The summed E-state index contributed by atoms with van der Waals surface area (Å²) in [5.74, 6) is 0. The Kier molecular flexibility index (Phi) is 3.89. The minimum absolute atomic E-state index is 0.730. The highest BCUT2D eigenvalue weighted by Gasteiger charge is 2.20. The van der Waals surface area contributed by atoms with Gasteiger partial charge in [-0.15, -0.1) is 11.3 Å². The number of nitrogens with zero attached hydrogens (tertiary/aromatic N) is 1. The molecule has 0 atom stereocenters. The third kappa shape index (κ3) is 3.26. The summed E-state index contributed by atoms with van der Waals surface area (Å²) >= 11 is 9.56. The second-order valence-electron chi connectivity index (χ2n) is 4.32. The van der Waals surface area contributed by atoms with Crippen molar-refractivity contribution in [3.05, 3.63) is 40.4 Å². The van der Waals surface area contributed by atoms with E-state index in [1.165, 1.54) is 18.4 Å². The summed E-state index contributed by atoms with van der Waals surface area (Å²) in [5.41, 5.74) is 1.25. The number of benzene rings is 1. The van der Waals surface area contributed by atoms with E-state index in [9.17, 15) is 0 Å². The molecule has 18 heavy (non-hydrogen) atoms. The number of rotatable bonds is 5. The van der Waals surface area contributed by atoms with E-state index in [4.69, 9.17) is 11.6 Å². The topological polar surface area (TPSA) is 24.9 Å². The second-order valence-corrected chi connectivity index (χ2v) is 6.91. The minimum atomic E-state index is 0.730. The Labute approximate surface area is 120 Å². The molecule has 2 nitrogen and oxygen atoms in total. The summed E-state index contributed by atoms with van der Waals surface area (Å²) in [4.78, 5) is 5.32. The third-order valence-corrected chi connectivity index (χ3v) is 5.16. The predicted molar refractivity (Wildman–Crippen MR) is 77.6 cm³/mol. The van der Waals surface area contributed by atoms with E-state index >= 15 is 0 Å². The molecule has 1 aromatic carbocycles. The average molecular weight is 297 g/mol. The number of thiazole rings is 1. The molecule has 1 fully saturated rings. The van der Waals surface area contributed by atoms with Gasteiger partial charge in [-0.05, 0) is 30.5 Å². The first-order valence-corrected chi connectivity index (χ1v) is 7.98. The van der Waals surface area contributed by atoms with Gasteiger partial charge in [-0.25, -0.2) is 4.98 Å². The van der Waals surface area contributed by atoms with Gasteiger partial charge in [0.25, 0.3) is 0 Å². The maximum atomic E-state index is 6.31. The van der Waals surface area contributed by atoms with Gasteiger partial charge in [0, 0.05) is 29.1 Å². The fourth-order valence-corrected chi connectivity index (χ4v) is 3.54. The number of nitrogens with one attached hydrogen (secondary N) is 1. The molecule has 0 spiro atoms. The summed E-state index contributed by atoms with van der Waals surface area (Å²) in [6, 6.07) is 7.00. The molecule has 1 aliphatic carbocycles. The molecule has 1 saturated carbocycles. The zero-order valence-electron chi connectivity index (χ0n) is 9.73. The van der Waals surface area contributed by atoms with Gasteiger partial charge in [-0.1, -0.05) is 29.4 Å². The van der Waals surface area contributed by atoms with Crippen molar-refractivity contribution in [3.8, 4) is 0 Å². The average Bonchev–Trinajstić information content (AvgIpc) is 3.06. The van der Waals surface area contributed by atoms with Gasteiger partial charge in [0.2, 0.25) is 0 Å². The van der Waals surface area contributed by atoms with E-state index in [0.29, 0.717) is 0 Å². The van der Waals surface area contributed by atoms with Crippen LogP contribution in [0.3, 0.4) is 0 Å². The zero-order valence-corrected chi connectivity index (χ0v) is 12.1. The number of aromatic nitrogens is 1. The summed E-state index contributed by atoms with van der Waals surface area (Å²) in [5, 5.41) is 6.28. The lowest BCUT2D eigenvalue weighted by Gasteiger charge is -2.06. The minimum Gasteiger partial charge on any atom is -0.310 e. The standard InChI is InChI=1S/C13H13ClN2S2/c14-11-7-9(8-16-10-2-3-10)1-4-12(11)18-13-15-5-6-17-13/h1,4-7,10,16H,2-3,8H2. The van der Waals surface area contributed by atoms with Crippen LogP contribution in [-0.2, 0) is 6.54 Å². The molecule has 1 N–H and O–H groups in total. The Morgan fingerprint density at radius 1 is 1.44 bits per heavy atom. The molecule has 3 rings (SSSR count). The van der Waals surface area contributed by atoms with E-state index < -0.39 is 0 Å². The summed E-state index contributed by atoms with van der Waals surface area (Å²) < 4.78 is 1.03. The van der Waals surface area contributed by atoms with E-state index in [0.717, 1.165) is 26.8 Å². The van der Waals surface area contributed by atoms with Crippen LogP contribution in [0.25, 0.3) is 0 Å². The van der Waals surface area contributed by atoms with Crippen molar-refractivity contribution in [2.75, 3.05) is 0 Å². The van der Waals surface area contributed by atoms with Crippen LogP contribution in [0, 0.1) is 0 Å². The van der Waals surface area contributed by atoms with Gasteiger partial charge in [0.1, 0.15) is 0 Å². The van der Waals surface area contributed by atoms with Gasteiger partial charge in [0.05, 0.1) is 5.02 Å². The Balaban J connectivity index is 1.67. The normalized spacial score (nSPS) is 14.9. The molecule has 0 unspecified atom stereocenters. The molecule has 1 aliphatic rings. The lowest BCUT2D eigenvalue weighted by molar-refractivity contribution is 0.687. The van der Waals surface area contributed by atoms with Crippen molar-refractivity contribution in [2.24, 2.45) is 0 Å². The monoisotopic (exact) mass is 296 g/mol. The van der Waals surface area contributed by atoms with E-state index in [-0.39, 0.29) is 0 Å². The van der Waals surface area contributed by atoms with E-state index in [1.807, 2.05) is 17.6 Å². The van der Waals surface area contributed by atoms with Crippen LogP contribution in [-0.4, -0.2) is 11.0 Å². The molecular weight excluding hydrogens is 284 g/mol. The van der Waals surface area contributed by atoms with Crippen molar-refractivity contribution in [3.63, 3.8) is 0 Å². The summed E-state index contributed by atoms with van der Waals surface area (Å²) in [6.07, 6.45) is 4.44. The first-order chi connectivity index (χ1) is 8.81. The molecule has 0 bridgehead atoms. The van der Waals surface area contributed by atoms with Crippen molar-refractivity contribution >= 4 is 34.7 Å². The highest BCUT2D eigenvalue weighted by molar-refractivity contribution is 8.01. The molecule has 1 heterocycles. The van der Waals surface area contributed by atoms with Crippen LogP contribution in [0.1, 0.15) is 18.4 Å². The molecule has 94 valence electrons. The van der Waals surface area contributed by atoms with E-state index in [1.54, 1.807) is 23.1 Å². The maximum Gasteiger partial charge on any atom is 0.154 e. The van der Waals surface area contributed by atoms with Crippen LogP contribution in [0.5, 0.6) is 0 Å². The van der Waals surface area contributed by atoms with Crippen LogP contribution >= 0.6 is 34.7 Å². The van der Waals surface area contributed by atoms with E-state index in [2.05, 4.69) is 22.4 Å². The Morgan fingerprint density at radius 2 is 2.33 bits per heavy atom. The molecule has 0 saturated heterocycles. The molecular formula is C13H13ClN2S2. The Morgan fingerprint density at radius 3 is 3.00 bits per heavy atom. The maximum absolute atomic E-state index is 6.31. The smallest absolute Gasteiger partial charge is 0.154 e. The van der Waals surface area contributed by atoms with Crippen LogP contribution in [0.15, 0.2) is 39.0 Å². The molecule has 5 heteroatoms. The van der Waals surface area contributed by atoms with Crippen molar-refractivity contribution in [2.45, 2.75) is 34.7 Å². The highest BCUT2D eigenvalue weighted by Crippen LogP contribution is 2.34. The first-order valence-electron chi connectivity index (χ1n) is 5.90. The molecule has 1 aromatic heterocycles. The van der Waals surface area contributed by atoms with Gasteiger partial charge >= 0.3 is 0 Å². The van der Waals surface area contributed by atoms with Crippen LogP contribution in [0.2, 0.25) is 5.02 Å². The quantitative estimate of drug-likeness (QED) is 0.895. The molecule has 2 aromatic rings. The predicted octanol–water partition coefficient (Wildman–Crippen LogP) is 4.20. The van der Waals surface area contributed by atoms with Gasteiger partial charge in [-0.3, -0.25) is 0 Å². The van der Waals surface area contributed by atoms with Crippen molar-refractivity contribution in [1.29, 1.82) is 0 Å². The Bertz CT molecular complexity index is 524. The molecule has 0 radical (unpaired) electrons. The number of hydrogen-bond donors (Lipinski definition) is 1. The van der Waals surface area contributed by atoms with Crippen molar-refractivity contribution < 1.29 is 0 Å². The van der Waals surface area contributed by atoms with Gasteiger partial charge < -0.3 is 5.32 Å². The molecule has 0 aliphatic heterocycles. The molecule has 0 amide bonds. The Hall–Kier alpha value is -0.550. The zero-order chi connectivity index (χ0) is 12.4. The van der Waals surface area contributed by atoms with Gasteiger partial charge in [0.15, 0.2) is 4.34 Å². The third-order valence-electron chi connectivity index (χ3n) is 2.78. The van der Waals surface area contributed by atoms with Crippen molar-refractivity contribution in [1.82, 2.24) is 10.3 Å². The number of hydrogen-bond acceptors (Lipinski definition) is 4.